The summed E-state index contributed by atoms with van der Waals surface area (Å²) in [5.41, 5.74) is 1.16. The minimum Gasteiger partial charge on any atom is -0.330 e. The standard InChI is InChI=1S/C18H15ClF3N5OS/c1-10-3-11(9-27(10)17-23-7-12(8-24-17)18(20,21)22)16(28)25-14-4-13(19)5-15(6-14)26-29-2/h3-9,26H,1-2H3,(H,25,28). The van der Waals surface area contributed by atoms with Gasteiger partial charge in [-0.15, -0.1) is 0 Å². The smallest absolute Gasteiger partial charge is 0.330 e. The van der Waals surface area contributed by atoms with Gasteiger partial charge in [-0.1, -0.05) is 23.5 Å². The van der Waals surface area contributed by atoms with Gasteiger partial charge in [-0.25, -0.2) is 9.97 Å². The first-order valence-electron chi connectivity index (χ1n) is 8.17. The van der Waals surface area contributed by atoms with Crippen LogP contribution in [0, 0.1) is 6.92 Å². The highest BCUT2D eigenvalue weighted by molar-refractivity contribution is 7.99. The second-order valence-corrected chi connectivity index (χ2v) is 7.05. The van der Waals surface area contributed by atoms with Crippen LogP contribution in [0.25, 0.3) is 5.95 Å². The molecule has 1 amide bonds. The Morgan fingerprint density at radius 2 is 1.79 bits per heavy atom. The Hall–Kier alpha value is -2.72. The van der Waals surface area contributed by atoms with E-state index in [0.717, 1.165) is 5.69 Å². The highest BCUT2D eigenvalue weighted by Crippen LogP contribution is 2.28. The summed E-state index contributed by atoms with van der Waals surface area (Å²) in [5.74, 6) is -0.375. The highest BCUT2D eigenvalue weighted by atomic mass is 35.5. The first kappa shape index (κ1) is 21.0. The number of aromatic nitrogens is 3. The van der Waals surface area contributed by atoms with Crippen molar-refractivity contribution in [1.82, 2.24) is 14.5 Å². The lowest BCUT2D eigenvalue weighted by Crippen LogP contribution is -2.11. The number of hydrogen-bond donors (Lipinski definition) is 2. The van der Waals surface area contributed by atoms with Gasteiger partial charge in [0.05, 0.1) is 11.1 Å². The van der Waals surface area contributed by atoms with Crippen molar-refractivity contribution in [3.8, 4) is 5.95 Å². The Kier molecular flexibility index (Phi) is 6.04. The van der Waals surface area contributed by atoms with Crippen molar-refractivity contribution >= 4 is 40.8 Å². The van der Waals surface area contributed by atoms with Crippen LogP contribution in [0.15, 0.2) is 42.9 Å². The number of carbonyl (C=O) groups is 1. The fraction of sp³-hybridized carbons (Fsp3) is 0.167. The zero-order valence-electron chi connectivity index (χ0n) is 15.2. The van der Waals surface area contributed by atoms with Crippen LogP contribution in [0.3, 0.4) is 0 Å². The molecule has 2 N–H and O–H groups in total. The maximum absolute atomic E-state index is 12.7. The van der Waals surface area contributed by atoms with E-state index < -0.39 is 17.6 Å². The van der Waals surface area contributed by atoms with Crippen molar-refractivity contribution in [2.45, 2.75) is 13.1 Å². The van der Waals surface area contributed by atoms with Gasteiger partial charge in [-0.05, 0) is 31.2 Å². The van der Waals surface area contributed by atoms with E-state index in [4.69, 9.17) is 11.6 Å². The number of hydrogen-bond acceptors (Lipinski definition) is 5. The van der Waals surface area contributed by atoms with Crippen LogP contribution in [0.5, 0.6) is 0 Å². The van der Waals surface area contributed by atoms with Crippen molar-refractivity contribution in [2.75, 3.05) is 16.3 Å². The third-order valence-corrected chi connectivity index (χ3v) is 4.49. The number of benzene rings is 1. The van der Waals surface area contributed by atoms with Crippen molar-refractivity contribution in [2.24, 2.45) is 0 Å². The summed E-state index contributed by atoms with van der Waals surface area (Å²) < 4.78 is 42.5. The number of anilines is 2. The van der Waals surface area contributed by atoms with Gasteiger partial charge in [0.2, 0.25) is 5.95 Å². The summed E-state index contributed by atoms with van der Waals surface area (Å²) in [6.45, 7) is 1.69. The molecule has 0 spiro atoms. The molecule has 0 radical (unpaired) electrons. The molecule has 1 aromatic carbocycles. The van der Waals surface area contributed by atoms with Gasteiger partial charge in [-0.2, -0.15) is 13.2 Å². The Labute approximate surface area is 173 Å². The van der Waals surface area contributed by atoms with Crippen molar-refractivity contribution in [1.29, 1.82) is 0 Å². The first-order valence-corrected chi connectivity index (χ1v) is 9.77. The minimum absolute atomic E-state index is 0.0313. The van der Waals surface area contributed by atoms with Gasteiger partial charge < -0.3 is 10.0 Å². The fourth-order valence-corrected chi connectivity index (χ4v) is 3.13. The quantitative estimate of drug-likeness (QED) is 0.533. The predicted octanol–water partition coefficient (Wildman–Crippen LogP) is 5.19. The maximum Gasteiger partial charge on any atom is 0.419 e. The summed E-state index contributed by atoms with van der Waals surface area (Å²) in [7, 11) is 0. The van der Waals surface area contributed by atoms with E-state index in [2.05, 4.69) is 20.0 Å². The average molecular weight is 442 g/mol. The van der Waals surface area contributed by atoms with Crippen molar-refractivity contribution in [3.05, 3.63) is 64.7 Å². The first-order chi connectivity index (χ1) is 13.7. The van der Waals surface area contributed by atoms with Crippen LogP contribution in [0.1, 0.15) is 21.6 Å². The van der Waals surface area contributed by atoms with Crippen molar-refractivity contribution < 1.29 is 18.0 Å². The lowest BCUT2D eigenvalue weighted by Gasteiger charge is -2.08. The van der Waals surface area contributed by atoms with E-state index in [0.29, 0.717) is 34.4 Å². The fourth-order valence-electron chi connectivity index (χ4n) is 2.55. The topological polar surface area (TPSA) is 71.8 Å². The molecule has 2 heterocycles. The molecule has 3 rings (SSSR count). The Balaban J connectivity index is 1.82. The summed E-state index contributed by atoms with van der Waals surface area (Å²) in [6.07, 6.45) is 0.199. The second-order valence-electron chi connectivity index (χ2n) is 6.00. The molecule has 0 aliphatic heterocycles. The number of aryl methyl sites for hydroxylation is 1. The second kappa shape index (κ2) is 8.34. The van der Waals surface area contributed by atoms with Gasteiger partial charge in [0, 0.05) is 46.9 Å². The Morgan fingerprint density at radius 1 is 1.14 bits per heavy atom. The van der Waals surface area contributed by atoms with Gasteiger partial charge >= 0.3 is 6.18 Å². The van der Waals surface area contributed by atoms with Crippen LogP contribution in [-0.4, -0.2) is 26.7 Å². The van der Waals surface area contributed by atoms with Crippen LogP contribution in [0.4, 0.5) is 24.5 Å². The number of nitrogens with zero attached hydrogens (tertiary/aromatic N) is 3. The minimum atomic E-state index is -4.52. The van der Waals surface area contributed by atoms with Crippen LogP contribution in [0.2, 0.25) is 5.02 Å². The summed E-state index contributed by atoms with van der Waals surface area (Å²) >= 11 is 7.45. The van der Waals surface area contributed by atoms with E-state index in [1.165, 1.54) is 22.7 Å². The predicted molar refractivity (Wildman–Crippen MR) is 108 cm³/mol. The van der Waals surface area contributed by atoms with Crippen LogP contribution < -0.4 is 10.0 Å². The Morgan fingerprint density at radius 3 is 2.41 bits per heavy atom. The molecule has 0 atom stereocenters. The SMILES string of the molecule is CSNc1cc(Cl)cc(NC(=O)c2cc(C)n(-c3ncc(C(F)(F)F)cn3)c2)c1. The molecule has 0 fully saturated rings. The summed E-state index contributed by atoms with van der Waals surface area (Å²) in [5, 5.41) is 3.19. The van der Waals surface area contributed by atoms with Gasteiger partial charge in [0.1, 0.15) is 0 Å². The van der Waals surface area contributed by atoms with Gasteiger partial charge in [0.25, 0.3) is 5.91 Å². The molecular weight excluding hydrogens is 427 g/mol. The summed E-state index contributed by atoms with van der Waals surface area (Å²) in [4.78, 5) is 20.1. The largest absolute Gasteiger partial charge is 0.419 e. The molecule has 0 aliphatic rings. The third kappa shape index (κ3) is 5.01. The van der Waals surface area contributed by atoms with Gasteiger partial charge in [-0.3, -0.25) is 9.36 Å². The molecule has 2 aromatic heterocycles. The molecule has 152 valence electrons. The van der Waals surface area contributed by atoms with E-state index in [1.807, 2.05) is 6.26 Å². The molecule has 29 heavy (non-hydrogen) atoms. The molecule has 11 heteroatoms. The van der Waals surface area contributed by atoms with Crippen LogP contribution in [-0.2, 0) is 6.18 Å². The maximum atomic E-state index is 12.7. The highest BCUT2D eigenvalue weighted by Gasteiger charge is 2.31. The molecule has 3 aromatic rings. The number of carbonyl (C=O) groups excluding carboxylic acids is 1. The molecular formula is C18H15ClF3N5OS. The van der Waals surface area contributed by atoms with E-state index in [9.17, 15) is 18.0 Å². The zero-order chi connectivity index (χ0) is 21.2. The van der Waals surface area contributed by atoms with E-state index in [1.54, 1.807) is 31.2 Å². The Bertz CT molecular complexity index is 1040. The molecule has 0 bridgehead atoms. The number of amides is 1. The molecule has 6 nitrogen and oxygen atoms in total. The average Bonchev–Trinajstić information content (AvgIpc) is 3.03. The number of halogens is 4. The lowest BCUT2D eigenvalue weighted by atomic mass is 10.2. The van der Waals surface area contributed by atoms with E-state index >= 15 is 0 Å². The normalized spacial score (nSPS) is 11.4. The molecule has 0 saturated carbocycles. The number of rotatable bonds is 5. The van der Waals surface area contributed by atoms with Gasteiger partial charge in [0.15, 0.2) is 0 Å². The van der Waals surface area contributed by atoms with Crippen LogP contribution >= 0.6 is 23.5 Å². The number of alkyl halides is 3. The number of nitrogens with one attached hydrogen (secondary N) is 2. The summed E-state index contributed by atoms with van der Waals surface area (Å²) in [6, 6.07) is 6.63. The molecule has 0 saturated heterocycles. The lowest BCUT2D eigenvalue weighted by molar-refractivity contribution is -0.138. The van der Waals surface area contributed by atoms with E-state index in [-0.39, 0.29) is 5.95 Å². The monoisotopic (exact) mass is 441 g/mol. The van der Waals surface area contributed by atoms with Crippen molar-refractivity contribution in [3.63, 3.8) is 0 Å². The zero-order valence-corrected chi connectivity index (χ0v) is 16.8. The molecule has 0 unspecified atom stereocenters. The third-order valence-electron chi connectivity index (χ3n) is 3.83. The molecule has 0 aliphatic carbocycles.